The first-order valence-corrected chi connectivity index (χ1v) is 15.5. The number of sulfonamides is 1. The van der Waals surface area contributed by atoms with Gasteiger partial charge >= 0.3 is 6.03 Å². The highest BCUT2D eigenvalue weighted by Crippen LogP contribution is 2.37. The third-order valence-electron chi connectivity index (χ3n) is 7.47. The summed E-state index contributed by atoms with van der Waals surface area (Å²) in [7, 11) is 0.914. The molecule has 0 saturated heterocycles. The number of hydrogen-bond acceptors (Lipinski definition) is 7. The zero-order chi connectivity index (χ0) is 29.2. The Hall–Kier alpha value is -3.29. The maximum absolute atomic E-state index is 13.2. The molecule has 2 aromatic rings. The standard InChI is InChI=1S/C27H35N5O6S2/c1-17(33)32-15-14-21-22(16-32)39-26(23(21)25(35)29-27(36)30(2)3)28-24(34)18-10-12-20(13-11-18)40(37,38)31(4)19-8-6-5-7-9-19/h10-13,19H,5-9,14-16H2,1-4H3,(H,28,34)(H,29,35,36). The number of urea groups is 1. The van der Waals surface area contributed by atoms with Gasteiger partial charge in [0.25, 0.3) is 11.8 Å². The van der Waals surface area contributed by atoms with Gasteiger partial charge in [-0.25, -0.2) is 13.2 Å². The zero-order valence-corrected chi connectivity index (χ0v) is 24.8. The Kier molecular flexibility index (Phi) is 8.96. The summed E-state index contributed by atoms with van der Waals surface area (Å²) in [4.78, 5) is 54.2. The summed E-state index contributed by atoms with van der Waals surface area (Å²) >= 11 is 1.18. The van der Waals surface area contributed by atoms with Gasteiger partial charge in [0.1, 0.15) is 5.00 Å². The lowest BCUT2D eigenvalue weighted by atomic mass is 9.96. The molecular weight excluding hydrogens is 554 g/mol. The van der Waals surface area contributed by atoms with E-state index in [1.165, 1.54) is 65.8 Å². The summed E-state index contributed by atoms with van der Waals surface area (Å²) in [5.41, 5.74) is 1.10. The summed E-state index contributed by atoms with van der Waals surface area (Å²) in [6, 6.07) is 5.08. The monoisotopic (exact) mass is 589 g/mol. The largest absolute Gasteiger partial charge is 0.337 e. The minimum Gasteiger partial charge on any atom is -0.337 e. The molecule has 4 rings (SSSR count). The van der Waals surface area contributed by atoms with E-state index in [1.54, 1.807) is 11.9 Å². The highest BCUT2D eigenvalue weighted by atomic mass is 32.2. The molecule has 1 saturated carbocycles. The van der Waals surface area contributed by atoms with E-state index in [9.17, 15) is 27.6 Å². The number of imide groups is 1. The van der Waals surface area contributed by atoms with Gasteiger partial charge in [0, 0.05) is 51.1 Å². The second kappa shape index (κ2) is 12.1. The second-order valence-corrected chi connectivity index (χ2v) is 13.4. The van der Waals surface area contributed by atoms with Crippen LogP contribution in [0.4, 0.5) is 9.80 Å². The van der Waals surface area contributed by atoms with Crippen molar-refractivity contribution in [1.82, 2.24) is 19.4 Å². The van der Waals surface area contributed by atoms with E-state index in [0.717, 1.165) is 37.0 Å². The quantitative estimate of drug-likeness (QED) is 0.531. The minimum atomic E-state index is -3.71. The fraction of sp³-hybridized carbons (Fsp3) is 0.481. The molecular formula is C27H35N5O6S2. The van der Waals surface area contributed by atoms with E-state index in [-0.39, 0.29) is 33.0 Å². The molecule has 0 radical (unpaired) electrons. The number of rotatable bonds is 6. The maximum Gasteiger partial charge on any atom is 0.323 e. The lowest BCUT2D eigenvalue weighted by Crippen LogP contribution is -2.39. The van der Waals surface area contributed by atoms with Gasteiger partial charge in [0.05, 0.1) is 17.0 Å². The van der Waals surface area contributed by atoms with Crippen molar-refractivity contribution in [2.24, 2.45) is 0 Å². The minimum absolute atomic E-state index is 0.0329. The van der Waals surface area contributed by atoms with E-state index in [0.29, 0.717) is 25.1 Å². The van der Waals surface area contributed by atoms with Crippen LogP contribution in [0.25, 0.3) is 0 Å². The Morgan fingerprint density at radius 1 is 0.975 bits per heavy atom. The van der Waals surface area contributed by atoms with Crippen LogP contribution in [0.3, 0.4) is 0 Å². The first kappa shape index (κ1) is 29.7. The van der Waals surface area contributed by atoms with Gasteiger partial charge in [-0.05, 0) is 49.1 Å². The van der Waals surface area contributed by atoms with Crippen molar-refractivity contribution in [3.05, 3.63) is 45.8 Å². The molecule has 1 aromatic carbocycles. The van der Waals surface area contributed by atoms with Gasteiger partial charge in [-0.2, -0.15) is 4.31 Å². The van der Waals surface area contributed by atoms with Crippen molar-refractivity contribution in [3.63, 3.8) is 0 Å². The molecule has 1 aliphatic carbocycles. The molecule has 1 aliphatic heterocycles. The van der Waals surface area contributed by atoms with E-state index in [1.807, 2.05) is 0 Å². The van der Waals surface area contributed by atoms with Gasteiger partial charge in [0.2, 0.25) is 15.9 Å². The number of nitrogens with one attached hydrogen (secondary N) is 2. The molecule has 0 spiro atoms. The third kappa shape index (κ3) is 6.21. The van der Waals surface area contributed by atoms with Crippen LogP contribution in [0.2, 0.25) is 0 Å². The van der Waals surface area contributed by atoms with Crippen LogP contribution in [-0.2, 0) is 27.8 Å². The fourth-order valence-corrected chi connectivity index (χ4v) is 7.70. The van der Waals surface area contributed by atoms with Crippen molar-refractivity contribution >= 4 is 50.1 Å². The van der Waals surface area contributed by atoms with Gasteiger partial charge in [-0.1, -0.05) is 19.3 Å². The Bertz CT molecular complexity index is 1410. The van der Waals surface area contributed by atoms with E-state index in [2.05, 4.69) is 10.6 Å². The Morgan fingerprint density at radius 2 is 1.62 bits per heavy atom. The number of nitrogens with zero attached hydrogens (tertiary/aromatic N) is 3. The topological polar surface area (TPSA) is 136 Å². The number of fused-ring (bicyclic) bond motifs is 1. The maximum atomic E-state index is 13.2. The first-order chi connectivity index (χ1) is 18.9. The smallest absolute Gasteiger partial charge is 0.323 e. The van der Waals surface area contributed by atoms with Crippen molar-refractivity contribution in [1.29, 1.82) is 0 Å². The summed E-state index contributed by atoms with van der Waals surface area (Å²) < 4.78 is 27.8. The Balaban J connectivity index is 1.57. The van der Waals surface area contributed by atoms with Crippen molar-refractivity contribution < 1.29 is 27.6 Å². The number of carbonyl (C=O) groups excluding carboxylic acids is 4. The zero-order valence-electron chi connectivity index (χ0n) is 23.2. The summed E-state index contributed by atoms with van der Waals surface area (Å²) in [5, 5.41) is 5.37. The number of hydrogen-bond donors (Lipinski definition) is 2. The summed E-state index contributed by atoms with van der Waals surface area (Å²) in [6.45, 7) is 2.19. The van der Waals surface area contributed by atoms with E-state index >= 15 is 0 Å². The average molecular weight is 590 g/mol. The predicted molar refractivity (Wildman–Crippen MR) is 152 cm³/mol. The highest BCUT2D eigenvalue weighted by Gasteiger charge is 2.32. The number of carbonyl (C=O) groups is 4. The molecule has 0 bridgehead atoms. The molecule has 5 amide bonds. The van der Waals surface area contributed by atoms with Crippen molar-refractivity contribution in [2.75, 3.05) is 33.0 Å². The van der Waals surface area contributed by atoms with Gasteiger partial charge in [-0.15, -0.1) is 11.3 Å². The number of anilines is 1. The van der Waals surface area contributed by atoms with Gasteiger partial charge in [-0.3, -0.25) is 19.7 Å². The van der Waals surface area contributed by atoms with Crippen molar-refractivity contribution in [2.45, 2.75) is 62.9 Å². The number of amides is 5. The van der Waals surface area contributed by atoms with Gasteiger partial charge in [0.15, 0.2) is 0 Å². The molecule has 1 aromatic heterocycles. The summed E-state index contributed by atoms with van der Waals surface area (Å²) in [5.74, 6) is -1.27. The lowest BCUT2D eigenvalue weighted by Gasteiger charge is -2.30. The molecule has 2 N–H and O–H groups in total. The van der Waals surface area contributed by atoms with Crippen molar-refractivity contribution in [3.8, 4) is 0 Å². The molecule has 0 unspecified atom stereocenters. The van der Waals surface area contributed by atoms with Gasteiger partial charge < -0.3 is 15.1 Å². The lowest BCUT2D eigenvalue weighted by molar-refractivity contribution is -0.129. The molecule has 40 heavy (non-hydrogen) atoms. The predicted octanol–water partition coefficient (Wildman–Crippen LogP) is 3.27. The molecule has 11 nitrogen and oxygen atoms in total. The normalized spacial score (nSPS) is 15.9. The molecule has 13 heteroatoms. The number of benzene rings is 1. The molecule has 2 heterocycles. The van der Waals surface area contributed by atoms with Crippen LogP contribution < -0.4 is 10.6 Å². The second-order valence-electron chi connectivity index (χ2n) is 10.3. The molecule has 1 fully saturated rings. The van der Waals surface area contributed by atoms with Crippen LogP contribution >= 0.6 is 11.3 Å². The Labute approximate surface area is 238 Å². The summed E-state index contributed by atoms with van der Waals surface area (Å²) in [6.07, 6.45) is 5.20. The van der Waals surface area contributed by atoms with E-state index < -0.39 is 27.9 Å². The fourth-order valence-electron chi connectivity index (χ4n) is 5.03. The third-order valence-corrected chi connectivity index (χ3v) is 10.5. The SMILES string of the molecule is CC(=O)N1CCc2c(sc(NC(=O)c3ccc(S(=O)(=O)N(C)C4CCCCC4)cc3)c2C(=O)NC(=O)N(C)C)C1. The van der Waals surface area contributed by atoms with Crippen LogP contribution in [0.1, 0.15) is 70.2 Å². The van der Waals surface area contributed by atoms with Crippen LogP contribution in [-0.4, -0.2) is 80.0 Å². The van der Waals surface area contributed by atoms with Crippen LogP contribution in [0.15, 0.2) is 29.2 Å². The molecule has 216 valence electrons. The Morgan fingerprint density at radius 3 is 2.23 bits per heavy atom. The number of thiophene rings is 1. The van der Waals surface area contributed by atoms with E-state index in [4.69, 9.17) is 0 Å². The average Bonchev–Trinajstić information content (AvgIpc) is 3.30. The first-order valence-electron chi connectivity index (χ1n) is 13.2. The van der Waals surface area contributed by atoms with Crippen LogP contribution in [0, 0.1) is 0 Å². The molecule has 0 atom stereocenters. The highest BCUT2D eigenvalue weighted by molar-refractivity contribution is 7.89. The van der Waals surface area contributed by atoms with Crippen LogP contribution in [0.5, 0.6) is 0 Å². The molecule has 2 aliphatic rings.